The van der Waals surface area contributed by atoms with Gasteiger partial charge >= 0.3 is 6.18 Å². The zero-order chi connectivity index (χ0) is 15.3. The van der Waals surface area contributed by atoms with Crippen LogP contribution in [0.15, 0.2) is 18.3 Å². The Morgan fingerprint density at radius 2 is 1.74 bits per heavy atom. The third-order valence-corrected chi connectivity index (χ3v) is 1.59. The molecule has 0 aliphatic rings. The zero-order valence-electron chi connectivity index (χ0n) is 11.5. The summed E-state index contributed by atoms with van der Waals surface area (Å²) in [4.78, 5) is 11.7. The van der Waals surface area contributed by atoms with Gasteiger partial charge in [-0.15, -0.1) is 0 Å². The van der Waals surface area contributed by atoms with Crippen molar-refractivity contribution in [3.63, 3.8) is 0 Å². The Hall–Kier alpha value is -1.59. The maximum absolute atomic E-state index is 11.7. The van der Waals surface area contributed by atoms with E-state index in [-0.39, 0.29) is 5.88 Å². The molecule has 1 heterocycles. The molecule has 1 aromatic rings. The van der Waals surface area contributed by atoms with E-state index in [9.17, 15) is 13.2 Å². The molecule has 0 aliphatic heterocycles. The molecule has 1 aromatic heterocycles. The van der Waals surface area contributed by atoms with Crippen molar-refractivity contribution in [1.82, 2.24) is 4.98 Å². The van der Waals surface area contributed by atoms with E-state index in [0.717, 1.165) is 12.0 Å². The third-order valence-electron chi connectivity index (χ3n) is 1.59. The number of rotatable bonds is 3. The highest BCUT2D eigenvalue weighted by Gasteiger charge is 2.28. The number of carbonyl (C=O) groups is 1. The van der Waals surface area contributed by atoms with E-state index in [1.165, 1.54) is 18.7 Å². The molecule has 0 saturated carbocycles. The van der Waals surface area contributed by atoms with Gasteiger partial charge in [-0.3, -0.25) is 0 Å². The molecule has 0 saturated heterocycles. The van der Waals surface area contributed by atoms with Gasteiger partial charge in [-0.1, -0.05) is 33.3 Å². The molecule has 0 N–H and O–H groups in total. The van der Waals surface area contributed by atoms with E-state index in [4.69, 9.17) is 4.79 Å². The Kier molecular flexibility index (Phi) is 11.9. The highest BCUT2D eigenvalue weighted by molar-refractivity contribution is 5.17. The highest BCUT2D eigenvalue weighted by atomic mass is 19.4. The van der Waals surface area contributed by atoms with Gasteiger partial charge in [0.15, 0.2) is 6.61 Å². The summed E-state index contributed by atoms with van der Waals surface area (Å²) in [5.74, 6) is -0.000440. The van der Waals surface area contributed by atoms with Crippen LogP contribution in [0.2, 0.25) is 0 Å². The molecule has 0 aliphatic carbocycles. The number of alkyl halides is 3. The maximum atomic E-state index is 11.7. The Bertz CT molecular complexity index is 313. The van der Waals surface area contributed by atoms with Crippen LogP contribution in [0.3, 0.4) is 0 Å². The van der Waals surface area contributed by atoms with Crippen LogP contribution in [-0.2, 0) is 11.2 Å². The van der Waals surface area contributed by atoms with Crippen molar-refractivity contribution in [1.29, 1.82) is 0 Å². The van der Waals surface area contributed by atoms with Crippen LogP contribution in [0.5, 0.6) is 5.88 Å². The van der Waals surface area contributed by atoms with Gasteiger partial charge in [0, 0.05) is 12.3 Å². The SMILES string of the molecule is C=O.CCC.CCc1ccc(OCC(F)(F)F)nc1. The number of aromatic nitrogens is 1. The Morgan fingerprint density at radius 1 is 1.21 bits per heavy atom. The van der Waals surface area contributed by atoms with Crippen LogP contribution < -0.4 is 4.74 Å². The molecule has 19 heavy (non-hydrogen) atoms. The van der Waals surface area contributed by atoms with Crippen LogP contribution in [0, 0.1) is 0 Å². The highest BCUT2D eigenvalue weighted by Crippen LogP contribution is 2.16. The summed E-state index contributed by atoms with van der Waals surface area (Å²) in [5.41, 5.74) is 0.962. The number of pyridine rings is 1. The van der Waals surface area contributed by atoms with Gasteiger partial charge in [0.05, 0.1) is 0 Å². The predicted octanol–water partition coefficient (Wildman–Crippen LogP) is 3.82. The fourth-order valence-corrected chi connectivity index (χ4v) is 0.861. The number of hydrogen-bond donors (Lipinski definition) is 0. The Morgan fingerprint density at radius 3 is 2.05 bits per heavy atom. The summed E-state index contributed by atoms with van der Waals surface area (Å²) in [6.45, 7) is 6.89. The Labute approximate surface area is 111 Å². The topological polar surface area (TPSA) is 39.2 Å². The minimum Gasteiger partial charge on any atom is -0.468 e. The average Bonchev–Trinajstić information content (AvgIpc) is 2.39. The average molecular weight is 279 g/mol. The number of ether oxygens (including phenoxy) is 1. The van der Waals surface area contributed by atoms with Crippen molar-refractivity contribution in [2.75, 3.05) is 6.61 Å². The maximum Gasteiger partial charge on any atom is 0.422 e. The van der Waals surface area contributed by atoms with Crippen molar-refractivity contribution in [3.05, 3.63) is 23.9 Å². The van der Waals surface area contributed by atoms with Crippen LogP contribution in [0.25, 0.3) is 0 Å². The molecule has 0 amide bonds. The summed E-state index contributed by atoms with van der Waals surface area (Å²) < 4.78 is 39.6. The molecule has 110 valence electrons. The lowest BCUT2D eigenvalue weighted by Crippen LogP contribution is -2.19. The van der Waals surface area contributed by atoms with Crippen LogP contribution in [0.1, 0.15) is 32.8 Å². The van der Waals surface area contributed by atoms with E-state index in [1.807, 2.05) is 13.7 Å². The van der Waals surface area contributed by atoms with Crippen LogP contribution in [-0.4, -0.2) is 24.6 Å². The van der Waals surface area contributed by atoms with Crippen LogP contribution >= 0.6 is 0 Å². The fraction of sp³-hybridized carbons (Fsp3) is 0.538. The zero-order valence-corrected chi connectivity index (χ0v) is 11.5. The lowest BCUT2D eigenvalue weighted by molar-refractivity contribution is -0.154. The molecule has 1 rings (SSSR count). The summed E-state index contributed by atoms with van der Waals surface area (Å²) in [5, 5.41) is 0. The lowest BCUT2D eigenvalue weighted by atomic mass is 10.2. The minimum atomic E-state index is -4.31. The number of hydrogen-bond acceptors (Lipinski definition) is 3. The second-order valence-electron chi connectivity index (χ2n) is 3.47. The van der Waals surface area contributed by atoms with Gasteiger partial charge in [-0.05, 0) is 12.0 Å². The number of nitrogens with zero attached hydrogens (tertiary/aromatic N) is 1. The van der Waals surface area contributed by atoms with E-state index in [1.54, 1.807) is 6.07 Å². The Balaban J connectivity index is 0. The molecular formula is C13H20F3NO2. The normalized spacial score (nSPS) is 9.58. The first-order chi connectivity index (χ1) is 8.92. The minimum absolute atomic E-state index is 0.000440. The second kappa shape index (κ2) is 11.5. The molecule has 3 nitrogen and oxygen atoms in total. The fourth-order valence-electron chi connectivity index (χ4n) is 0.861. The second-order valence-corrected chi connectivity index (χ2v) is 3.47. The third kappa shape index (κ3) is 12.7. The van der Waals surface area contributed by atoms with Crippen molar-refractivity contribution >= 4 is 6.79 Å². The van der Waals surface area contributed by atoms with Gasteiger partial charge in [-0.2, -0.15) is 13.2 Å². The van der Waals surface area contributed by atoms with Crippen molar-refractivity contribution in [2.24, 2.45) is 0 Å². The molecule has 0 spiro atoms. The molecule has 6 heteroatoms. The monoisotopic (exact) mass is 279 g/mol. The van der Waals surface area contributed by atoms with E-state index < -0.39 is 12.8 Å². The largest absolute Gasteiger partial charge is 0.468 e. The molecule has 0 unspecified atom stereocenters. The quantitative estimate of drug-likeness (QED) is 0.844. The molecule has 0 radical (unpaired) electrons. The first-order valence-corrected chi connectivity index (χ1v) is 5.86. The van der Waals surface area contributed by atoms with Gasteiger partial charge in [0.2, 0.25) is 5.88 Å². The van der Waals surface area contributed by atoms with Crippen molar-refractivity contribution in [3.8, 4) is 5.88 Å². The van der Waals surface area contributed by atoms with E-state index in [0.29, 0.717) is 0 Å². The van der Waals surface area contributed by atoms with Crippen molar-refractivity contribution in [2.45, 2.75) is 39.8 Å². The molecule has 0 atom stereocenters. The standard InChI is InChI=1S/C9H10F3NO.C3H8.CH2O/c1-2-7-3-4-8(13-5-7)14-6-9(10,11)12;1-3-2;1-2/h3-5H,2,6H2,1H3;3H2,1-2H3;1H2. The van der Waals surface area contributed by atoms with Gasteiger partial charge < -0.3 is 9.53 Å². The van der Waals surface area contributed by atoms with Gasteiger partial charge in [-0.25, -0.2) is 4.98 Å². The first-order valence-electron chi connectivity index (χ1n) is 5.86. The summed E-state index contributed by atoms with van der Waals surface area (Å²) >= 11 is 0. The number of halogens is 3. The molecule has 0 fully saturated rings. The first kappa shape index (κ1) is 19.7. The van der Waals surface area contributed by atoms with E-state index in [2.05, 4.69) is 23.6 Å². The summed E-state index contributed by atoms with van der Waals surface area (Å²) in [7, 11) is 0. The molecule has 0 aromatic carbocycles. The smallest absolute Gasteiger partial charge is 0.422 e. The lowest BCUT2D eigenvalue weighted by Gasteiger charge is -2.08. The van der Waals surface area contributed by atoms with E-state index >= 15 is 0 Å². The van der Waals surface area contributed by atoms with Crippen molar-refractivity contribution < 1.29 is 22.7 Å². The van der Waals surface area contributed by atoms with Gasteiger partial charge in [0.1, 0.15) is 6.79 Å². The van der Waals surface area contributed by atoms with Gasteiger partial charge in [0.25, 0.3) is 0 Å². The summed E-state index contributed by atoms with van der Waals surface area (Å²) in [6, 6.07) is 3.13. The molecular weight excluding hydrogens is 259 g/mol. The summed E-state index contributed by atoms with van der Waals surface area (Å²) in [6.07, 6.45) is -0.761. The van der Waals surface area contributed by atoms with Crippen LogP contribution in [0.4, 0.5) is 13.2 Å². The number of aryl methyl sites for hydroxylation is 1. The number of carbonyl (C=O) groups excluding carboxylic acids is 1. The predicted molar refractivity (Wildman–Crippen MR) is 68.3 cm³/mol. The molecule has 0 bridgehead atoms.